The Morgan fingerprint density at radius 3 is 2.44 bits per heavy atom. The Labute approximate surface area is 95.8 Å². The smallest absolute Gasteiger partial charge is 0.173 e. The van der Waals surface area contributed by atoms with Crippen molar-refractivity contribution in [2.45, 2.75) is 20.1 Å². The third-order valence-corrected chi connectivity index (χ3v) is 2.59. The van der Waals surface area contributed by atoms with Crippen molar-refractivity contribution in [2.75, 3.05) is 0 Å². The molecule has 0 atom stereocenters. The fourth-order valence-electron chi connectivity index (χ4n) is 1.72. The first kappa shape index (κ1) is 10.8. The van der Waals surface area contributed by atoms with Crippen molar-refractivity contribution in [1.82, 2.24) is 0 Å². The SMILES string of the molecule is Cc1cccc(C[n+]2ccc(CO)cc2)c1. The Kier molecular flexibility index (Phi) is 3.32. The van der Waals surface area contributed by atoms with E-state index in [4.69, 9.17) is 5.11 Å². The van der Waals surface area contributed by atoms with E-state index < -0.39 is 0 Å². The van der Waals surface area contributed by atoms with Crippen molar-refractivity contribution in [3.8, 4) is 0 Å². The summed E-state index contributed by atoms with van der Waals surface area (Å²) in [7, 11) is 0. The van der Waals surface area contributed by atoms with Crippen molar-refractivity contribution in [1.29, 1.82) is 0 Å². The van der Waals surface area contributed by atoms with E-state index in [0.29, 0.717) is 0 Å². The molecule has 1 N–H and O–H groups in total. The molecule has 82 valence electrons. The van der Waals surface area contributed by atoms with Crippen LogP contribution in [0.1, 0.15) is 16.7 Å². The van der Waals surface area contributed by atoms with Gasteiger partial charge in [-0.25, -0.2) is 4.57 Å². The van der Waals surface area contributed by atoms with E-state index in [1.807, 2.05) is 24.5 Å². The molecule has 0 bridgehead atoms. The topological polar surface area (TPSA) is 24.1 Å². The number of aliphatic hydroxyl groups is 1. The number of hydrogen-bond donors (Lipinski definition) is 1. The van der Waals surface area contributed by atoms with E-state index in [9.17, 15) is 0 Å². The van der Waals surface area contributed by atoms with Gasteiger partial charge < -0.3 is 5.11 Å². The van der Waals surface area contributed by atoms with E-state index in [2.05, 4.69) is 35.8 Å². The Morgan fingerprint density at radius 2 is 1.81 bits per heavy atom. The third kappa shape index (κ3) is 2.67. The van der Waals surface area contributed by atoms with E-state index in [0.717, 1.165) is 12.1 Å². The quantitative estimate of drug-likeness (QED) is 0.774. The monoisotopic (exact) mass is 214 g/mol. The molecule has 0 aliphatic rings. The zero-order chi connectivity index (χ0) is 11.4. The van der Waals surface area contributed by atoms with Crippen LogP contribution in [0.25, 0.3) is 0 Å². The summed E-state index contributed by atoms with van der Waals surface area (Å²) in [5.41, 5.74) is 3.52. The van der Waals surface area contributed by atoms with Crippen molar-refractivity contribution in [3.05, 3.63) is 65.5 Å². The lowest BCUT2D eigenvalue weighted by atomic mass is 10.1. The second kappa shape index (κ2) is 4.90. The molecule has 0 saturated heterocycles. The van der Waals surface area contributed by atoms with Crippen LogP contribution in [-0.2, 0) is 13.2 Å². The highest BCUT2D eigenvalue weighted by Gasteiger charge is 2.02. The van der Waals surface area contributed by atoms with Gasteiger partial charge in [0.1, 0.15) is 0 Å². The summed E-state index contributed by atoms with van der Waals surface area (Å²) in [4.78, 5) is 0. The lowest BCUT2D eigenvalue weighted by Crippen LogP contribution is -2.33. The van der Waals surface area contributed by atoms with Crippen LogP contribution in [0.15, 0.2) is 48.8 Å². The number of benzene rings is 1. The molecule has 0 fully saturated rings. The number of nitrogens with zero attached hydrogens (tertiary/aromatic N) is 1. The highest BCUT2D eigenvalue weighted by Crippen LogP contribution is 2.03. The molecule has 16 heavy (non-hydrogen) atoms. The predicted molar refractivity (Wildman–Crippen MR) is 62.8 cm³/mol. The van der Waals surface area contributed by atoms with Gasteiger partial charge in [0.15, 0.2) is 18.9 Å². The van der Waals surface area contributed by atoms with Crippen LogP contribution in [0.2, 0.25) is 0 Å². The number of aliphatic hydroxyl groups excluding tert-OH is 1. The Bertz CT molecular complexity index is 462. The molecule has 2 aromatic rings. The minimum absolute atomic E-state index is 0.102. The van der Waals surface area contributed by atoms with Gasteiger partial charge in [0.25, 0.3) is 0 Å². The molecule has 0 saturated carbocycles. The minimum atomic E-state index is 0.102. The van der Waals surface area contributed by atoms with Gasteiger partial charge >= 0.3 is 0 Å². The molecule has 0 unspecified atom stereocenters. The summed E-state index contributed by atoms with van der Waals surface area (Å²) < 4.78 is 2.11. The number of rotatable bonds is 3. The summed E-state index contributed by atoms with van der Waals surface area (Å²) in [6.45, 7) is 3.07. The highest BCUT2D eigenvalue weighted by molar-refractivity contribution is 5.21. The van der Waals surface area contributed by atoms with Gasteiger partial charge in [-0.1, -0.05) is 23.8 Å². The number of pyridine rings is 1. The molecular weight excluding hydrogens is 198 g/mol. The van der Waals surface area contributed by atoms with E-state index in [1.165, 1.54) is 11.1 Å². The number of aromatic nitrogens is 1. The second-order valence-corrected chi connectivity index (χ2v) is 4.03. The molecule has 2 rings (SSSR count). The average molecular weight is 214 g/mol. The lowest BCUT2D eigenvalue weighted by molar-refractivity contribution is -0.688. The van der Waals surface area contributed by atoms with Gasteiger partial charge in [0.2, 0.25) is 0 Å². The van der Waals surface area contributed by atoms with Gasteiger partial charge in [-0.2, -0.15) is 0 Å². The van der Waals surface area contributed by atoms with Crippen molar-refractivity contribution < 1.29 is 9.67 Å². The van der Waals surface area contributed by atoms with E-state index in [-0.39, 0.29) is 6.61 Å². The largest absolute Gasteiger partial charge is 0.392 e. The number of hydrogen-bond acceptors (Lipinski definition) is 1. The van der Waals surface area contributed by atoms with E-state index in [1.54, 1.807) is 0 Å². The lowest BCUT2D eigenvalue weighted by Gasteiger charge is -2.00. The predicted octanol–water partition coefficient (Wildman–Crippen LogP) is 1.82. The number of aryl methyl sites for hydroxylation is 1. The fourth-order valence-corrected chi connectivity index (χ4v) is 1.72. The third-order valence-electron chi connectivity index (χ3n) is 2.59. The molecule has 2 heteroatoms. The van der Waals surface area contributed by atoms with Crippen LogP contribution < -0.4 is 4.57 Å². The maximum atomic E-state index is 8.95. The van der Waals surface area contributed by atoms with Crippen molar-refractivity contribution in [2.24, 2.45) is 0 Å². The van der Waals surface area contributed by atoms with Crippen LogP contribution >= 0.6 is 0 Å². The molecule has 1 aromatic heterocycles. The Hall–Kier alpha value is -1.67. The summed E-state index contributed by atoms with van der Waals surface area (Å²) in [5.74, 6) is 0. The molecule has 0 radical (unpaired) electrons. The summed E-state index contributed by atoms with van der Waals surface area (Å²) in [5, 5.41) is 8.95. The van der Waals surface area contributed by atoms with Crippen LogP contribution in [0, 0.1) is 6.92 Å². The zero-order valence-corrected chi connectivity index (χ0v) is 9.43. The molecular formula is C14H16NO+. The minimum Gasteiger partial charge on any atom is -0.392 e. The van der Waals surface area contributed by atoms with Gasteiger partial charge in [-0.3, -0.25) is 0 Å². The van der Waals surface area contributed by atoms with Gasteiger partial charge in [-0.15, -0.1) is 0 Å². The molecule has 0 aliphatic heterocycles. The van der Waals surface area contributed by atoms with Crippen molar-refractivity contribution in [3.63, 3.8) is 0 Å². The fraction of sp³-hybridized carbons (Fsp3) is 0.214. The zero-order valence-electron chi connectivity index (χ0n) is 9.43. The van der Waals surface area contributed by atoms with Crippen molar-refractivity contribution >= 4 is 0 Å². The molecule has 0 spiro atoms. The molecule has 2 nitrogen and oxygen atoms in total. The molecule has 0 amide bonds. The normalized spacial score (nSPS) is 10.4. The van der Waals surface area contributed by atoms with Crippen LogP contribution in [0.5, 0.6) is 0 Å². The summed E-state index contributed by atoms with van der Waals surface area (Å²) >= 11 is 0. The molecule has 0 aliphatic carbocycles. The van der Waals surface area contributed by atoms with Gasteiger partial charge in [-0.05, 0) is 18.6 Å². The van der Waals surface area contributed by atoms with Crippen LogP contribution in [0.3, 0.4) is 0 Å². The van der Waals surface area contributed by atoms with Gasteiger partial charge in [0.05, 0.1) is 6.61 Å². The first-order chi connectivity index (χ1) is 7.78. The molecule has 1 heterocycles. The average Bonchev–Trinajstić information content (AvgIpc) is 2.30. The first-order valence-electron chi connectivity index (χ1n) is 5.42. The van der Waals surface area contributed by atoms with Crippen LogP contribution in [0.4, 0.5) is 0 Å². The standard InChI is InChI=1S/C14H16NO/c1-12-3-2-4-14(9-12)10-15-7-5-13(11-16)6-8-15/h2-9,16H,10-11H2,1H3/q+1. The maximum Gasteiger partial charge on any atom is 0.173 e. The van der Waals surface area contributed by atoms with Gasteiger partial charge in [0, 0.05) is 17.7 Å². The van der Waals surface area contributed by atoms with Crippen LogP contribution in [-0.4, -0.2) is 5.11 Å². The molecule has 1 aromatic carbocycles. The Balaban J connectivity index is 2.14. The highest BCUT2D eigenvalue weighted by atomic mass is 16.3. The van der Waals surface area contributed by atoms with E-state index >= 15 is 0 Å². The second-order valence-electron chi connectivity index (χ2n) is 4.03. The first-order valence-corrected chi connectivity index (χ1v) is 5.42. The Morgan fingerprint density at radius 1 is 1.06 bits per heavy atom. The summed E-state index contributed by atoms with van der Waals surface area (Å²) in [6, 6.07) is 12.4. The summed E-state index contributed by atoms with van der Waals surface area (Å²) in [6.07, 6.45) is 3.99. The maximum absolute atomic E-state index is 8.95.